The summed E-state index contributed by atoms with van der Waals surface area (Å²) in [5.74, 6) is 0.794. The summed E-state index contributed by atoms with van der Waals surface area (Å²) in [6.45, 7) is 25.0. The largest absolute Gasteiger partial charge is 0.495 e. The van der Waals surface area contributed by atoms with Crippen LogP contribution >= 0.6 is 0 Å². The molecule has 290 valence electrons. The lowest BCUT2D eigenvalue weighted by Crippen LogP contribution is -2.28. The molecule has 0 spiro atoms. The average molecular weight is 753 g/mol. The van der Waals surface area contributed by atoms with E-state index < -0.39 is 22.2 Å². The maximum Gasteiger partial charge on any atom is 0.266 e. The van der Waals surface area contributed by atoms with E-state index in [1.165, 1.54) is 23.4 Å². The average Bonchev–Trinajstić information content (AvgIpc) is 3.49. The molecule has 2 heterocycles. The molecule has 2 aromatic heterocycles. The van der Waals surface area contributed by atoms with Gasteiger partial charge in [-0.25, -0.2) is 9.13 Å². The molecule has 0 aliphatic carbocycles. The number of nitrogens with zero attached hydrogens (tertiary/aromatic N) is 2. The van der Waals surface area contributed by atoms with Crippen molar-refractivity contribution in [2.45, 2.75) is 105 Å². The zero-order chi connectivity index (χ0) is 41.2. The van der Waals surface area contributed by atoms with E-state index in [0.29, 0.717) is 44.4 Å². The number of fused-ring (bicyclic) bond motifs is 4. The van der Waals surface area contributed by atoms with E-state index in [2.05, 4.69) is 95.2 Å². The molecule has 0 atom stereocenters. The van der Waals surface area contributed by atoms with Crippen molar-refractivity contribution in [3.63, 3.8) is 0 Å². The van der Waals surface area contributed by atoms with Crippen LogP contribution in [0.25, 0.3) is 54.5 Å². The molecule has 0 fully saturated rings. The lowest BCUT2D eigenvalue weighted by Gasteiger charge is -2.26. The number of rotatable bonds is 4. The van der Waals surface area contributed by atoms with Crippen LogP contribution in [0.15, 0.2) is 79.8 Å². The van der Waals surface area contributed by atoms with Crippen molar-refractivity contribution in [2.75, 3.05) is 14.2 Å². The maximum absolute atomic E-state index is 14.4. The molecule has 0 amide bonds. The van der Waals surface area contributed by atoms with Crippen LogP contribution < -0.4 is 31.7 Å². The number of ether oxygens (including phenoxy) is 2. The van der Waals surface area contributed by atoms with Crippen molar-refractivity contribution in [1.29, 1.82) is 0 Å². The summed E-state index contributed by atoms with van der Waals surface area (Å²) in [5, 5.41) is 3.15. The van der Waals surface area contributed by atoms with Crippen LogP contribution in [-0.2, 0) is 21.7 Å². The summed E-state index contributed by atoms with van der Waals surface area (Å²) in [6, 6.07) is 18.8. The second-order valence-corrected chi connectivity index (χ2v) is 19.3. The molecule has 0 bridgehead atoms. The van der Waals surface area contributed by atoms with Crippen LogP contribution in [0.4, 0.5) is 0 Å². The zero-order valence-corrected chi connectivity index (χ0v) is 35.1. The third kappa shape index (κ3) is 5.87. The van der Waals surface area contributed by atoms with Crippen LogP contribution in [0.5, 0.6) is 11.5 Å². The van der Waals surface area contributed by atoms with Crippen LogP contribution in [0.2, 0.25) is 0 Å². The van der Waals surface area contributed by atoms with Crippen molar-refractivity contribution in [3.8, 4) is 22.9 Å². The van der Waals surface area contributed by atoms with Crippen LogP contribution in [-0.4, -0.2) is 23.4 Å². The minimum absolute atomic E-state index is 0.217. The Labute approximate surface area is 327 Å². The Morgan fingerprint density at radius 2 is 0.643 bits per heavy atom. The van der Waals surface area contributed by atoms with Crippen LogP contribution in [0.3, 0.4) is 0 Å². The highest BCUT2D eigenvalue weighted by Gasteiger charge is 2.29. The Kier molecular flexibility index (Phi) is 8.65. The summed E-state index contributed by atoms with van der Waals surface area (Å²) in [5.41, 5.74) is 2.02. The summed E-state index contributed by atoms with van der Waals surface area (Å²) in [6.07, 6.45) is 0. The Morgan fingerprint density at radius 1 is 0.375 bits per heavy atom. The highest BCUT2D eigenvalue weighted by Crippen LogP contribution is 2.45. The topological polar surface area (TPSA) is 96.6 Å². The van der Waals surface area contributed by atoms with Crippen LogP contribution in [0.1, 0.15) is 105 Å². The SMILES string of the molecule is COc1c2cc3c(=O)n(-c4cc(C(C)(C)C)ccc4C(C)(C)C)c(=O)c3cc2c(OC)c2cc3c(=O)n(-c4cc(C(C)(C)C)ccc4C(C)(C)C)c(=O)c3cc12. The number of benzene rings is 5. The molecule has 8 heteroatoms. The first-order valence-corrected chi connectivity index (χ1v) is 19.2. The predicted molar refractivity (Wildman–Crippen MR) is 230 cm³/mol. The molecule has 0 saturated carbocycles. The molecule has 8 nitrogen and oxygen atoms in total. The van der Waals surface area contributed by atoms with Gasteiger partial charge in [0.2, 0.25) is 0 Å². The van der Waals surface area contributed by atoms with Gasteiger partial charge in [-0.15, -0.1) is 0 Å². The summed E-state index contributed by atoms with van der Waals surface area (Å²) >= 11 is 0. The first-order chi connectivity index (χ1) is 25.9. The van der Waals surface area contributed by atoms with E-state index in [1.807, 2.05) is 24.3 Å². The van der Waals surface area contributed by atoms with Gasteiger partial charge in [-0.2, -0.15) is 0 Å². The predicted octanol–water partition coefficient (Wildman–Crippen LogP) is 9.40. The van der Waals surface area contributed by atoms with Gasteiger partial charge in [0, 0.05) is 21.5 Å². The first-order valence-electron chi connectivity index (χ1n) is 19.2. The number of hydrogen-bond donors (Lipinski definition) is 0. The molecule has 56 heavy (non-hydrogen) atoms. The quantitative estimate of drug-likeness (QED) is 0.166. The number of methoxy groups -OCH3 is 2. The lowest BCUT2D eigenvalue weighted by atomic mass is 9.81. The van der Waals surface area contributed by atoms with Crippen LogP contribution in [0, 0.1) is 0 Å². The lowest BCUT2D eigenvalue weighted by molar-refractivity contribution is 0.418. The van der Waals surface area contributed by atoms with Crippen molar-refractivity contribution >= 4 is 43.1 Å². The molecule has 7 rings (SSSR count). The Hall–Kier alpha value is -5.50. The molecule has 0 saturated heterocycles. The minimum atomic E-state index is -0.429. The fraction of sp³-hybridized carbons (Fsp3) is 0.375. The van der Waals surface area contributed by atoms with Gasteiger partial charge in [-0.1, -0.05) is 107 Å². The fourth-order valence-electron chi connectivity index (χ4n) is 8.13. The summed E-state index contributed by atoms with van der Waals surface area (Å²) in [7, 11) is 3.06. The number of aromatic nitrogens is 2. The van der Waals surface area contributed by atoms with E-state index in [0.717, 1.165) is 22.3 Å². The summed E-state index contributed by atoms with van der Waals surface area (Å²) < 4.78 is 14.7. The molecule has 7 aromatic rings. The monoisotopic (exact) mass is 752 g/mol. The van der Waals surface area contributed by atoms with E-state index >= 15 is 0 Å². The third-order valence-corrected chi connectivity index (χ3v) is 11.3. The van der Waals surface area contributed by atoms with Crippen molar-refractivity contribution in [1.82, 2.24) is 9.13 Å². The third-order valence-electron chi connectivity index (χ3n) is 11.3. The van der Waals surface area contributed by atoms with Gasteiger partial charge in [0.15, 0.2) is 0 Å². The molecular weight excluding hydrogens is 701 g/mol. The summed E-state index contributed by atoms with van der Waals surface area (Å²) in [4.78, 5) is 57.8. The van der Waals surface area contributed by atoms with E-state index in [9.17, 15) is 19.2 Å². The second-order valence-electron chi connectivity index (χ2n) is 19.3. The highest BCUT2D eigenvalue weighted by molar-refractivity contribution is 6.17. The van der Waals surface area contributed by atoms with Crippen molar-refractivity contribution < 1.29 is 9.47 Å². The van der Waals surface area contributed by atoms with Crippen molar-refractivity contribution in [3.05, 3.63) is 124 Å². The van der Waals surface area contributed by atoms with Gasteiger partial charge >= 0.3 is 0 Å². The minimum Gasteiger partial charge on any atom is -0.495 e. The van der Waals surface area contributed by atoms with Gasteiger partial charge < -0.3 is 9.47 Å². The highest BCUT2D eigenvalue weighted by atomic mass is 16.5. The van der Waals surface area contributed by atoms with Gasteiger partial charge in [-0.3, -0.25) is 19.2 Å². The Morgan fingerprint density at radius 3 is 0.857 bits per heavy atom. The molecule has 0 radical (unpaired) electrons. The number of hydrogen-bond acceptors (Lipinski definition) is 6. The fourth-order valence-corrected chi connectivity index (χ4v) is 8.13. The van der Waals surface area contributed by atoms with E-state index in [4.69, 9.17) is 9.47 Å². The molecule has 0 N–H and O–H groups in total. The zero-order valence-electron chi connectivity index (χ0n) is 35.1. The molecule has 0 aliphatic rings. The van der Waals surface area contributed by atoms with E-state index in [1.54, 1.807) is 24.3 Å². The van der Waals surface area contributed by atoms with Gasteiger partial charge in [0.05, 0.1) is 47.1 Å². The Balaban J connectivity index is 1.57. The normalized spacial score (nSPS) is 13.1. The van der Waals surface area contributed by atoms with E-state index in [-0.39, 0.29) is 43.2 Å². The second kappa shape index (κ2) is 12.5. The van der Waals surface area contributed by atoms with Gasteiger partial charge in [0.1, 0.15) is 11.5 Å². The molecule has 5 aromatic carbocycles. The van der Waals surface area contributed by atoms with Crippen molar-refractivity contribution in [2.24, 2.45) is 0 Å². The first kappa shape index (κ1) is 38.8. The Bertz CT molecular complexity index is 2670. The molecular formula is C48H52N2O6. The standard InChI is InChI=1S/C48H52N2O6/c1-45(2,3)25-15-17-35(47(7,8)9)37(19-25)49-41(51)31-21-27-28(22-32(31)42(49)52)40(56-14)30-24-34-33(23-29(30)39(27)55-13)43(53)50(44(34)54)38-20-26(46(4,5)6)16-18-36(38)48(10,11)12/h15-24H,1-14H3. The molecule has 0 aliphatic heterocycles. The smallest absolute Gasteiger partial charge is 0.266 e. The van der Waals surface area contributed by atoms with Gasteiger partial charge in [-0.05, 0) is 80.3 Å². The van der Waals surface area contributed by atoms with Gasteiger partial charge in [0.25, 0.3) is 22.2 Å². The maximum atomic E-state index is 14.4. The molecule has 0 unspecified atom stereocenters.